The highest BCUT2D eigenvalue weighted by Crippen LogP contribution is 2.22. The molecule has 0 radical (unpaired) electrons. The molecule has 0 spiro atoms. The van der Waals surface area contributed by atoms with Crippen molar-refractivity contribution >= 4 is 17.3 Å². The molecule has 2 heterocycles. The molecule has 21 heavy (non-hydrogen) atoms. The molecule has 0 fully saturated rings. The van der Waals surface area contributed by atoms with Crippen LogP contribution in [0.3, 0.4) is 0 Å². The van der Waals surface area contributed by atoms with Crippen molar-refractivity contribution in [2.24, 2.45) is 5.41 Å². The lowest BCUT2D eigenvalue weighted by Gasteiger charge is -2.18. The summed E-state index contributed by atoms with van der Waals surface area (Å²) in [6, 6.07) is 5.75. The fraction of sp³-hybridized carbons (Fsp3) is 0.400. The Hall–Kier alpha value is -1.79. The molecule has 0 saturated carbocycles. The molecule has 112 valence electrons. The molecule has 0 aromatic carbocycles. The first-order chi connectivity index (χ1) is 9.99. The van der Waals surface area contributed by atoms with Crippen LogP contribution in [0.25, 0.3) is 10.7 Å². The Kier molecular flexibility index (Phi) is 5.03. The van der Waals surface area contributed by atoms with Gasteiger partial charge in [-0.15, -0.1) is 11.3 Å². The molecule has 0 saturated heterocycles. The highest BCUT2D eigenvalue weighted by Gasteiger charge is 2.26. The molecule has 2 N–H and O–H groups in total. The maximum absolute atomic E-state index is 11.0. The van der Waals surface area contributed by atoms with E-state index in [0.29, 0.717) is 19.5 Å². The van der Waals surface area contributed by atoms with Gasteiger partial charge in [-0.1, -0.05) is 6.07 Å². The fourth-order valence-corrected chi connectivity index (χ4v) is 2.51. The maximum Gasteiger partial charge on any atom is 0.309 e. The minimum Gasteiger partial charge on any atom is -0.481 e. The molecule has 0 aliphatic rings. The fourth-order valence-electron chi connectivity index (χ4n) is 1.72. The summed E-state index contributed by atoms with van der Waals surface area (Å²) in [6.45, 7) is 4.76. The van der Waals surface area contributed by atoms with Crippen LogP contribution in [-0.4, -0.2) is 27.6 Å². The van der Waals surface area contributed by atoms with Gasteiger partial charge in [-0.05, 0) is 38.9 Å². The molecule has 2 rings (SSSR count). The van der Waals surface area contributed by atoms with Crippen LogP contribution in [0, 0.1) is 5.41 Å². The number of rotatable bonds is 7. The third-order valence-corrected chi connectivity index (χ3v) is 4.16. The molecule has 0 aliphatic heterocycles. The average Bonchev–Trinajstić information content (AvgIpc) is 2.93. The normalized spacial score (nSPS) is 11.5. The smallest absolute Gasteiger partial charge is 0.309 e. The largest absolute Gasteiger partial charge is 0.481 e. The number of aliphatic carboxylic acids is 1. The molecular weight excluding hydrogens is 286 g/mol. The van der Waals surface area contributed by atoms with E-state index in [9.17, 15) is 4.79 Å². The summed E-state index contributed by atoms with van der Waals surface area (Å²) in [5, 5.41) is 15.2. The Morgan fingerprint density at radius 3 is 2.90 bits per heavy atom. The number of carboxylic acids is 1. The van der Waals surface area contributed by atoms with Crippen molar-refractivity contribution in [1.29, 1.82) is 0 Å². The Labute approximate surface area is 128 Å². The first kappa shape index (κ1) is 15.6. The minimum atomic E-state index is -0.768. The molecule has 0 bridgehead atoms. The van der Waals surface area contributed by atoms with Gasteiger partial charge in [0.2, 0.25) is 0 Å². The summed E-state index contributed by atoms with van der Waals surface area (Å²) in [5.74, 6) is -0.768. The molecule has 0 atom stereocenters. The van der Waals surface area contributed by atoms with Crippen LogP contribution < -0.4 is 5.32 Å². The number of nitrogens with one attached hydrogen (secondary N) is 1. The van der Waals surface area contributed by atoms with Gasteiger partial charge in [-0.3, -0.25) is 9.78 Å². The van der Waals surface area contributed by atoms with Gasteiger partial charge in [0.05, 0.1) is 16.8 Å². The number of aromatic nitrogens is 2. The Bertz CT molecular complexity index is 596. The van der Waals surface area contributed by atoms with E-state index in [4.69, 9.17) is 5.11 Å². The molecule has 6 heteroatoms. The van der Waals surface area contributed by atoms with Crippen molar-refractivity contribution in [3.63, 3.8) is 0 Å². The van der Waals surface area contributed by atoms with Crippen LogP contribution in [-0.2, 0) is 11.3 Å². The van der Waals surface area contributed by atoms with Crippen LogP contribution in [0.15, 0.2) is 29.8 Å². The van der Waals surface area contributed by atoms with Gasteiger partial charge in [-0.25, -0.2) is 4.98 Å². The highest BCUT2D eigenvalue weighted by atomic mass is 32.1. The molecule has 0 amide bonds. The Balaban J connectivity index is 1.83. The van der Waals surface area contributed by atoms with Crippen LogP contribution in [0.2, 0.25) is 0 Å². The maximum atomic E-state index is 11.0. The highest BCUT2D eigenvalue weighted by molar-refractivity contribution is 7.13. The second-order valence-electron chi connectivity index (χ2n) is 5.47. The van der Waals surface area contributed by atoms with Gasteiger partial charge in [0, 0.05) is 18.1 Å². The number of hydrogen-bond donors (Lipinski definition) is 2. The number of hydrogen-bond acceptors (Lipinski definition) is 5. The summed E-state index contributed by atoms with van der Waals surface area (Å²) >= 11 is 1.56. The second kappa shape index (κ2) is 6.78. The SMILES string of the molecule is CC(C)(CCNCc1csc(-c2ccccn2)n1)C(=O)O. The number of carboxylic acid groups (broad SMARTS) is 1. The summed E-state index contributed by atoms with van der Waals surface area (Å²) in [4.78, 5) is 19.8. The lowest BCUT2D eigenvalue weighted by Crippen LogP contribution is -2.28. The topological polar surface area (TPSA) is 75.1 Å². The van der Waals surface area contributed by atoms with Crippen LogP contribution in [0.4, 0.5) is 0 Å². The molecular formula is C15H19N3O2S. The molecule has 0 unspecified atom stereocenters. The van der Waals surface area contributed by atoms with Crippen molar-refractivity contribution in [3.8, 4) is 10.7 Å². The summed E-state index contributed by atoms with van der Waals surface area (Å²) in [5.41, 5.74) is 1.13. The predicted octanol–water partition coefficient (Wildman–Crippen LogP) is 2.80. The lowest BCUT2D eigenvalue weighted by molar-refractivity contribution is -0.147. The molecule has 2 aromatic rings. The van der Waals surface area contributed by atoms with E-state index in [-0.39, 0.29) is 0 Å². The van der Waals surface area contributed by atoms with E-state index in [1.807, 2.05) is 23.6 Å². The van der Waals surface area contributed by atoms with E-state index in [0.717, 1.165) is 16.4 Å². The Morgan fingerprint density at radius 1 is 1.43 bits per heavy atom. The zero-order chi connectivity index (χ0) is 15.3. The zero-order valence-electron chi connectivity index (χ0n) is 12.2. The standard InChI is InChI=1S/C15H19N3O2S/c1-15(2,14(19)20)6-8-16-9-11-10-21-13(18-11)12-5-3-4-7-17-12/h3-5,7,10,16H,6,8-9H2,1-2H3,(H,19,20). The molecule has 5 nitrogen and oxygen atoms in total. The molecule has 0 aliphatic carbocycles. The zero-order valence-corrected chi connectivity index (χ0v) is 13.0. The van der Waals surface area contributed by atoms with Crippen LogP contribution >= 0.6 is 11.3 Å². The first-order valence-electron chi connectivity index (χ1n) is 6.79. The van der Waals surface area contributed by atoms with E-state index >= 15 is 0 Å². The quantitative estimate of drug-likeness (QED) is 0.769. The lowest BCUT2D eigenvalue weighted by atomic mass is 9.90. The van der Waals surface area contributed by atoms with Gasteiger partial charge in [0.1, 0.15) is 5.01 Å². The average molecular weight is 305 g/mol. The second-order valence-corrected chi connectivity index (χ2v) is 6.33. The number of thiazole rings is 1. The van der Waals surface area contributed by atoms with Gasteiger partial charge < -0.3 is 10.4 Å². The van der Waals surface area contributed by atoms with Crippen molar-refractivity contribution in [3.05, 3.63) is 35.5 Å². The third kappa shape index (κ3) is 4.34. The summed E-state index contributed by atoms with van der Waals surface area (Å²) in [6.07, 6.45) is 2.34. The van der Waals surface area contributed by atoms with E-state index in [1.165, 1.54) is 0 Å². The van der Waals surface area contributed by atoms with E-state index in [1.54, 1.807) is 31.4 Å². The van der Waals surface area contributed by atoms with Crippen molar-refractivity contribution in [2.75, 3.05) is 6.54 Å². The van der Waals surface area contributed by atoms with Crippen molar-refractivity contribution in [2.45, 2.75) is 26.8 Å². The minimum absolute atomic E-state index is 0.583. The van der Waals surface area contributed by atoms with Crippen molar-refractivity contribution < 1.29 is 9.90 Å². The first-order valence-corrected chi connectivity index (χ1v) is 7.67. The van der Waals surface area contributed by atoms with E-state index in [2.05, 4.69) is 15.3 Å². The number of carbonyl (C=O) groups is 1. The predicted molar refractivity (Wildman–Crippen MR) is 83.1 cm³/mol. The van der Waals surface area contributed by atoms with Crippen LogP contribution in [0.5, 0.6) is 0 Å². The summed E-state index contributed by atoms with van der Waals surface area (Å²) in [7, 11) is 0. The van der Waals surface area contributed by atoms with E-state index < -0.39 is 11.4 Å². The molecule has 2 aromatic heterocycles. The number of pyridine rings is 1. The Morgan fingerprint density at radius 2 is 2.24 bits per heavy atom. The van der Waals surface area contributed by atoms with Crippen LogP contribution in [0.1, 0.15) is 26.0 Å². The third-order valence-electron chi connectivity index (χ3n) is 3.25. The van der Waals surface area contributed by atoms with Gasteiger partial charge in [0.15, 0.2) is 0 Å². The summed E-state index contributed by atoms with van der Waals surface area (Å²) < 4.78 is 0. The number of nitrogens with zero attached hydrogens (tertiary/aromatic N) is 2. The van der Waals surface area contributed by atoms with Gasteiger partial charge in [-0.2, -0.15) is 0 Å². The van der Waals surface area contributed by atoms with Gasteiger partial charge in [0.25, 0.3) is 0 Å². The van der Waals surface area contributed by atoms with Gasteiger partial charge >= 0.3 is 5.97 Å². The van der Waals surface area contributed by atoms with Crippen molar-refractivity contribution in [1.82, 2.24) is 15.3 Å². The monoisotopic (exact) mass is 305 g/mol.